The van der Waals surface area contributed by atoms with Gasteiger partial charge in [0.25, 0.3) is 5.88 Å². The van der Waals surface area contributed by atoms with E-state index in [1.165, 1.54) is 0 Å². The summed E-state index contributed by atoms with van der Waals surface area (Å²) in [6.07, 6.45) is 7.00. The van der Waals surface area contributed by atoms with Gasteiger partial charge in [-0.2, -0.15) is 0 Å². The highest BCUT2D eigenvalue weighted by Gasteiger charge is 2.23. The third-order valence-electron chi connectivity index (χ3n) is 4.33. The molecule has 1 N–H and O–H groups in total. The Balaban J connectivity index is 1.72. The van der Waals surface area contributed by atoms with Gasteiger partial charge in [0, 0.05) is 37.7 Å². The highest BCUT2D eigenvalue weighted by atomic mass is 16.5. The molecule has 6 heteroatoms. The van der Waals surface area contributed by atoms with Crippen molar-refractivity contribution >= 4 is 12.1 Å². The summed E-state index contributed by atoms with van der Waals surface area (Å²) in [6, 6.07) is 6.91. The molecule has 6 nitrogen and oxygen atoms in total. The molecule has 1 fully saturated rings. The number of aliphatic hydroxyl groups is 1. The van der Waals surface area contributed by atoms with Gasteiger partial charge in [-0.05, 0) is 49.4 Å². The maximum absolute atomic E-state index is 10.7. The minimum Gasteiger partial charge on any atom is -0.436 e. The molecule has 3 rings (SSSR count). The molecular weight excluding hydrogens is 306 g/mol. The van der Waals surface area contributed by atoms with Gasteiger partial charge in [0.1, 0.15) is 12.0 Å². The topological polar surface area (TPSA) is 75.5 Å². The average Bonchev–Trinajstić information content (AvgIpc) is 2.64. The van der Waals surface area contributed by atoms with Crippen LogP contribution >= 0.6 is 0 Å². The maximum atomic E-state index is 10.7. The molecular formula is C18H21N3O3. The fourth-order valence-corrected chi connectivity index (χ4v) is 2.95. The van der Waals surface area contributed by atoms with Crippen LogP contribution in [0.3, 0.4) is 0 Å². The molecule has 24 heavy (non-hydrogen) atoms. The number of carbonyl (C=O) groups excluding carboxylic acids is 1. The number of ether oxygens (including phenoxy) is 1. The number of benzene rings is 1. The highest BCUT2D eigenvalue weighted by Crippen LogP contribution is 2.31. The number of nitrogens with zero attached hydrogens (tertiary/aromatic N) is 3. The van der Waals surface area contributed by atoms with Crippen LogP contribution in [0.1, 0.15) is 29.6 Å². The maximum Gasteiger partial charge on any atom is 0.263 e. The molecule has 0 radical (unpaired) electrons. The number of hydrogen-bond donors (Lipinski definition) is 1. The molecule has 126 valence electrons. The average molecular weight is 327 g/mol. The van der Waals surface area contributed by atoms with Crippen molar-refractivity contribution in [2.45, 2.75) is 19.3 Å². The second-order valence-corrected chi connectivity index (χ2v) is 5.92. The lowest BCUT2D eigenvalue weighted by Crippen LogP contribution is -2.34. The SMILES string of the molecule is O=Cc1ccc(Oc2nccnc2N2CCC(CCO)CC2)cc1. The van der Waals surface area contributed by atoms with Gasteiger partial charge in [0.2, 0.25) is 0 Å². The molecule has 0 saturated carbocycles. The minimum absolute atomic E-state index is 0.251. The first-order valence-corrected chi connectivity index (χ1v) is 8.20. The van der Waals surface area contributed by atoms with Gasteiger partial charge in [-0.15, -0.1) is 0 Å². The molecule has 1 aliphatic heterocycles. The van der Waals surface area contributed by atoms with Crippen LogP contribution in [-0.2, 0) is 0 Å². The van der Waals surface area contributed by atoms with Crippen LogP contribution in [0.25, 0.3) is 0 Å². The summed E-state index contributed by atoms with van der Waals surface area (Å²) < 4.78 is 5.87. The second-order valence-electron chi connectivity index (χ2n) is 5.92. The van der Waals surface area contributed by atoms with E-state index in [4.69, 9.17) is 9.84 Å². The van der Waals surface area contributed by atoms with Gasteiger partial charge in [-0.1, -0.05) is 0 Å². The van der Waals surface area contributed by atoms with Gasteiger partial charge in [-0.3, -0.25) is 4.79 Å². The van der Waals surface area contributed by atoms with Gasteiger partial charge in [-0.25, -0.2) is 9.97 Å². The van der Waals surface area contributed by atoms with E-state index in [1.54, 1.807) is 36.7 Å². The third kappa shape index (κ3) is 3.89. The van der Waals surface area contributed by atoms with Crippen LogP contribution in [0.5, 0.6) is 11.6 Å². The summed E-state index contributed by atoms with van der Waals surface area (Å²) in [5.41, 5.74) is 0.604. The largest absolute Gasteiger partial charge is 0.436 e. The smallest absolute Gasteiger partial charge is 0.263 e. The fourth-order valence-electron chi connectivity index (χ4n) is 2.95. The van der Waals surface area contributed by atoms with Gasteiger partial charge < -0.3 is 14.7 Å². The summed E-state index contributed by atoms with van der Waals surface area (Å²) in [5.74, 6) is 2.40. The number of aromatic nitrogens is 2. The molecule has 1 aromatic heterocycles. The molecule has 0 spiro atoms. The van der Waals surface area contributed by atoms with Crippen LogP contribution in [0.15, 0.2) is 36.7 Å². The quantitative estimate of drug-likeness (QED) is 0.822. The Kier molecular flexibility index (Phi) is 5.38. The van der Waals surface area contributed by atoms with E-state index in [2.05, 4.69) is 14.9 Å². The lowest BCUT2D eigenvalue weighted by atomic mass is 9.94. The first-order chi connectivity index (χ1) is 11.8. The Morgan fingerprint density at radius 3 is 2.54 bits per heavy atom. The Morgan fingerprint density at radius 1 is 1.17 bits per heavy atom. The normalized spacial score (nSPS) is 15.3. The van der Waals surface area contributed by atoms with E-state index in [-0.39, 0.29) is 6.61 Å². The predicted molar refractivity (Wildman–Crippen MR) is 90.6 cm³/mol. The zero-order valence-corrected chi connectivity index (χ0v) is 13.5. The summed E-state index contributed by atoms with van der Waals surface area (Å²) in [4.78, 5) is 21.6. The van der Waals surface area contributed by atoms with Crippen molar-refractivity contribution in [3.8, 4) is 11.6 Å². The Bertz CT molecular complexity index is 667. The number of aliphatic hydroxyl groups excluding tert-OH is 1. The minimum atomic E-state index is 0.251. The summed E-state index contributed by atoms with van der Waals surface area (Å²) in [6.45, 7) is 2.01. The molecule has 0 aliphatic carbocycles. The van der Waals surface area contributed by atoms with Crippen molar-refractivity contribution in [2.75, 3.05) is 24.6 Å². The van der Waals surface area contributed by atoms with Crippen molar-refractivity contribution in [3.05, 3.63) is 42.2 Å². The van der Waals surface area contributed by atoms with E-state index in [1.807, 2.05) is 0 Å². The van der Waals surface area contributed by atoms with Crippen LogP contribution < -0.4 is 9.64 Å². The number of hydrogen-bond acceptors (Lipinski definition) is 6. The lowest BCUT2D eigenvalue weighted by Gasteiger charge is -2.32. The molecule has 2 heterocycles. The number of piperidine rings is 1. The molecule has 1 aromatic carbocycles. The summed E-state index contributed by atoms with van der Waals surface area (Å²) in [5, 5.41) is 9.07. The number of anilines is 1. The van der Waals surface area contributed by atoms with Crippen LogP contribution in [-0.4, -0.2) is 41.1 Å². The third-order valence-corrected chi connectivity index (χ3v) is 4.33. The molecule has 2 aromatic rings. The van der Waals surface area contributed by atoms with E-state index in [0.29, 0.717) is 23.1 Å². The summed E-state index contributed by atoms with van der Waals surface area (Å²) in [7, 11) is 0. The van der Waals surface area contributed by atoms with Crippen molar-refractivity contribution in [1.29, 1.82) is 0 Å². The first kappa shape index (κ1) is 16.4. The van der Waals surface area contributed by atoms with Crippen molar-refractivity contribution in [2.24, 2.45) is 5.92 Å². The van der Waals surface area contributed by atoms with E-state index in [9.17, 15) is 4.79 Å². The molecule has 1 aliphatic rings. The second kappa shape index (κ2) is 7.88. The molecule has 0 amide bonds. The van der Waals surface area contributed by atoms with E-state index in [0.717, 1.165) is 44.5 Å². The van der Waals surface area contributed by atoms with Gasteiger partial charge in [0.15, 0.2) is 5.82 Å². The van der Waals surface area contributed by atoms with Crippen molar-refractivity contribution in [3.63, 3.8) is 0 Å². The van der Waals surface area contributed by atoms with Crippen LogP contribution in [0, 0.1) is 5.92 Å². The Morgan fingerprint density at radius 2 is 1.88 bits per heavy atom. The lowest BCUT2D eigenvalue weighted by molar-refractivity contribution is 0.112. The van der Waals surface area contributed by atoms with Crippen LogP contribution in [0.4, 0.5) is 5.82 Å². The predicted octanol–water partition coefficient (Wildman–Crippen LogP) is 2.68. The Labute approximate surface area is 141 Å². The monoisotopic (exact) mass is 327 g/mol. The van der Waals surface area contributed by atoms with Crippen molar-refractivity contribution < 1.29 is 14.6 Å². The standard InChI is InChI=1S/C18H21N3O3/c22-12-7-14-5-10-21(11-6-14)17-18(20-9-8-19-17)24-16-3-1-15(13-23)2-4-16/h1-4,8-9,13-14,22H,5-7,10-12H2. The zero-order valence-electron chi connectivity index (χ0n) is 13.5. The molecule has 1 saturated heterocycles. The van der Waals surface area contributed by atoms with E-state index < -0.39 is 0 Å². The zero-order chi connectivity index (χ0) is 16.8. The van der Waals surface area contributed by atoms with Gasteiger partial charge in [0.05, 0.1) is 0 Å². The summed E-state index contributed by atoms with van der Waals surface area (Å²) >= 11 is 0. The van der Waals surface area contributed by atoms with Crippen LogP contribution in [0.2, 0.25) is 0 Å². The van der Waals surface area contributed by atoms with Crippen molar-refractivity contribution in [1.82, 2.24) is 9.97 Å². The number of rotatable bonds is 6. The molecule has 0 unspecified atom stereocenters. The molecule has 0 bridgehead atoms. The fraction of sp³-hybridized carbons (Fsp3) is 0.389. The Hall–Kier alpha value is -2.47. The molecule has 0 atom stereocenters. The van der Waals surface area contributed by atoms with E-state index >= 15 is 0 Å². The highest BCUT2D eigenvalue weighted by molar-refractivity contribution is 5.74. The first-order valence-electron chi connectivity index (χ1n) is 8.20. The number of carbonyl (C=O) groups is 1. The number of aldehydes is 1. The van der Waals surface area contributed by atoms with Gasteiger partial charge >= 0.3 is 0 Å².